The summed E-state index contributed by atoms with van der Waals surface area (Å²) in [6, 6.07) is 0. The molecule has 2 heteroatoms. The number of methoxy groups -OCH3 is 1. The van der Waals surface area contributed by atoms with Gasteiger partial charge in [-0.1, -0.05) is 20.8 Å². The Morgan fingerprint density at radius 2 is 1.57 bits per heavy atom. The van der Waals surface area contributed by atoms with Crippen LogP contribution in [0.4, 0.5) is 0 Å². The van der Waals surface area contributed by atoms with E-state index in [-0.39, 0.29) is 16.8 Å². The number of fused-ring (bicyclic) bond motifs is 2. The van der Waals surface area contributed by atoms with Gasteiger partial charge in [-0.3, -0.25) is 4.79 Å². The molecule has 2 nitrogen and oxygen atoms in total. The molecule has 0 atom stereocenters. The van der Waals surface area contributed by atoms with Crippen molar-refractivity contribution < 1.29 is 9.53 Å². The predicted molar refractivity (Wildman–Crippen MR) is 54.8 cm³/mol. The van der Waals surface area contributed by atoms with Crippen LogP contribution < -0.4 is 0 Å². The van der Waals surface area contributed by atoms with Gasteiger partial charge in [0.1, 0.15) is 0 Å². The van der Waals surface area contributed by atoms with Gasteiger partial charge in [0.2, 0.25) is 0 Å². The zero-order chi connectivity index (χ0) is 10.6. The maximum atomic E-state index is 11.9. The summed E-state index contributed by atoms with van der Waals surface area (Å²) in [5.41, 5.74) is 0.269. The average molecular weight is 196 g/mol. The van der Waals surface area contributed by atoms with Crippen LogP contribution in [-0.4, -0.2) is 13.1 Å². The lowest BCUT2D eigenvalue weighted by Gasteiger charge is -2.39. The van der Waals surface area contributed by atoms with Gasteiger partial charge in [-0.25, -0.2) is 0 Å². The van der Waals surface area contributed by atoms with E-state index in [9.17, 15) is 4.79 Å². The molecule has 2 aliphatic carbocycles. The molecule has 0 heterocycles. The van der Waals surface area contributed by atoms with E-state index in [1.807, 2.05) is 0 Å². The van der Waals surface area contributed by atoms with E-state index < -0.39 is 0 Å². The minimum Gasteiger partial charge on any atom is -0.469 e. The van der Waals surface area contributed by atoms with Gasteiger partial charge in [-0.15, -0.1) is 0 Å². The van der Waals surface area contributed by atoms with Gasteiger partial charge in [0.05, 0.1) is 12.5 Å². The van der Waals surface area contributed by atoms with Crippen molar-refractivity contribution in [1.82, 2.24) is 0 Å². The number of hydrogen-bond donors (Lipinski definition) is 0. The molecule has 2 saturated carbocycles. The standard InChI is InChI=1S/C12H20O2/c1-10(2)11(3)5-7-12(10,8-6-11)9(13)14-4/h5-8H2,1-4H3. The molecule has 0 spiro atoms. The first kappa shape index (κ1) is 10.0. The second kappa shape index (κ2) is 2.53. The highest BCUT2D eigenvalue weighted by Crippen LogP contribution is 2.72. The highest BCUT2D eigenvalue weighted by Gasteiger charge is 2.68. The molecule has 0 unspecified atom stereocenters. The fourth-order valence-electron chi connectivity index (χ4n) is 3.71. The summed E-state index contributed by atoms with van der Waals surface area (Å²) < 4.78 is 5.00. The summed E-state index contributed by atoms with van der Waals surface area (Å²) in [7, 11) is 1.52. The van der Waals surface area contributed by atoms with Crippen LogP contribution in [0.1, 0.15) is 46.5 Å². The maximum absolute atomic E-state index is 11.9. The molecule has 2 aliphatic rings. The second-order valence-electron chi connectivity index (χ2n) is 5.76. The summed E-state index contributed by atoms with van der Waals surface area (Å²) in [5.74, 6) is 0.0173. The van der Waals surface area contributed by atoms with Crippen LogP contribution in [0.25, 0.3) is 0 Å². The summed E-state index contributed by atoms with van der Waals surface area (Å²) in [4.78, 5) is 11.9. The summed E-state index contributed by atoms with van der Waals surface area (Å²) in [5, 5.41) is 0. The van der Waals surface area contributed by atoms with Crippen LogP contribution in [0.15, 0.2) is 0 Å². The van der Waals surface area contributed by atoms with Crippen molar-refractivity contribution in [3.05, 3.63) is 0 Å². The molecule has 0 radical (unpaired) electrons. The zero-order valence-electron chi connectivity index (χ0n) is 9.64. The summed E-state index contributed by atoms with van der Waals surface area (Å²) >= 11 is 0. The molecule has 2 bridgehead atoms. The zero-order valence-corrected chi connectivity index (χ0v) is 9.64. The van der Waals surface area contributed by atoms with E-state index >= 15 is 0 Å². The quantitative estimate of drug-likeness (QED) is 0.603. The lowest BCUT2D eigenvalue weighted by molar-refractivity contribution is -0.158. The van der Waals surface area contributed by atoms with Crippen molar-refractivity contribution in [3.63, 3.8) is 0 Å². The normalized spacial score (nSPS) is 44.0. The van der Waals surface area contributed by atoms with Gasteiger partial charge < -0.3 is 4.74 Å². The molecule has 14 heavy (non-hydrogen) atoms. The lowest BCUT2D eigenvalue weighted by Crippen LogP contribution is -2.40. The molecule has 2 rings (SSSR count). The van der Waals surface area contributed by atoms with E-state index in [0.717, 1.165) is 12.8 Å². The second-order valence-corrected chi connectivity index (χ2v) is 5.76. The Labute approximate surface area is 86.0 Å². The first-order valence-electron chi connectivity index (χ1n) is 5.48. The SMILES string of the molecule is COC(=O)C12CCC(C)(CC1)C2(C)C. The van der Waals surface area contributed by atoms with Crippen LogP contribution in [-0.2, 0) is 9.53 Å². The third-order valence-corrected chi connectivity index (χ3v) is 5.49. The molecule has 2 fully saturated rings. The first-order chi connectivity index (χ1) is 6.40. The molecule has 0 N–H and O–H groups in total. The fourth-order valence-corrected chi connectivity index (χ4v) is 3.71. The van der Waals surface area contributed by atoms with Gasteiger partial charge in [0, 0.05) is 0 Å². The van der Waals surface area contributed by atoms with Crippen LogP contribution in [0, 0.1) is 16.2 Å². The lowest BCUT2D eigenvalue weighted by atomic mass is 9.65. The van der Waals surface area contributed by atoms with Crippen LogP contribution in [0.3, 0.4) is 0 Å². The smallest absolute Gasteiger partial charge is 0.312 e. The van der Waals surface area contributed by atoms with Crippen LogP contribution in [0.2, 0.25) is 0 Å². The first-order valence-corrected chi connectivity index (χ1v) is 5.48. The monoisotopic (exact) mass is 196 g/mol. The minimum atomic E-state index is -0.184. The average Bonchev–Trinajstić information content (AvgIpc) is 2.47. The van der Waals surface area contributed by atoms with Crippen LogP contribution >= 0.6 is 0 Å². The number of carbonyl (C=O) groups is 1. The number of hydrogen-bond acceptors (Lipinski definition) is 2. The molecule has 80 valence electrons. The van der Waals surface area contributed by atoms with E-state index in [1.165, 1.54) is 20.0 Å². The van der Waals surface area contributed by atoms with Crippen molar-refractivity contribution in [2.45, 2.75) is 46.5 Å². The topological polar surface area (TPSA) is 26.3 Å². The van der Waals surface area contributed by atoms with Crippen molar-refractivity contribution in [3.8, 4) is 0 Å². The van der Waals surface area contributed by atoms with Gasteiger partial charge in [0.15, 0.2) is 0 Å². The van der Waals surface area contributed by atoms with Gasteiger partial charge >= 0.3 is 5.97 Å². The Balaban J connectivity index is 2.44. The Morgan fingerprint density at radius 3 is 1.86 bits per heavy atom. The highest BCUT2D eigenvalue weighted by molar-refractivity contribution is 5.79. The molecular formula is C12H20O2. The molecular weight excluding hydrogens is 176 g/mol. The van der Waals surface area contributed by atoms with E-state index in [2.05, 4.69) is 20.8 Å². The van der Waals surface area contributed by atoms with Gasteiger partial charge in [-0.05, 0) is 36.5 Å². The maximum Gasteiger partial charge on any atom is 0.312 e. The largest absolute Gasteiger partial charge is 0.469 e. The number of rotatable bonds is 1. The molecule has 0 aromatic rings. The molecule has 0 aromatic carbocycles. The van der Waals surface area contributed by atoms with Crippen molar-refractivity contribution in [2.75, 3.05) is 7.11 Å². The Morgan fingerprint density at radius 1 is 1.07 bits per heavy atom. The predicted octanol–water partition coefficient (Wildman–Crippen LogP) is 2.77. The molecule has 0 aromatic heterocycles. The highest BCUT2D eigenvalue weighted by atomic mass is 16.5. The van der Waals surface area contributed by atoms with Crippen molar-refractivity contribution in [1.29, 1.82) is 0 Å². The third kappa shape index (κ3) is 0.807. The minimum absolute atomic E-state index is 0.0173. The number of carbonyl (C=O) groups excluding carboxylic acids is 1. The van der Waals surface area contributed by atoms with E-state index in [0.29, 0.717) is 5.41 Å². The van der Waals surface area contributed by atoms with Gasteiger partial charge in [0.25, 0.3) is 0 Å². The number of esters is 1. The third-order valence-electron chi connectivity index (χ3n) is 5.49. The molecule has 0 amide bonds. The Bertz CT molecular complexity index is 270. The Hall–Kier alpha value is -0.530. The van der Waals surface area contributed by atoms with Crippen LogP contribution in [0.5, 0.6) is 0 Å². The van der Waals surface area contributed by atoms with E-state index in [1.54, 1.807) is 0 Å². The number of ether oxygens (including phenoxy) is 1. The molecule has 0 aliphatic heterocycles. The van der Waals surface area contributed by atoms with Crippen molar-refractivity contribution in [2.24, 2.45) is 16.2 Å². The van der Waals surface area contributed by atoms with E-state index in [4.69, 9.17) is 4.74 Å². The fraction of sp³-hybridized carbons (Fsp3) is 0.917. The summed E-state index contributed by atoms with van der Waals surface area (Å²) in [6.07, 6.45) is 4.39. The van der Waals surface area contributed by atoms with Gasteiger partial charge in [-0.2, -0.15) is 0 Å². The Kier molecular flexibility index (Phi) is 1.81. The van der Waals surface area contributed by atoms with Crippen molar-refractivity contribution >= 4 is 5.97 Å². The summed E-state index contributed by atoms with van der Waals surface area (Å²) in [6.45, 7) is 6.80. The molecule has 0 saturated heterocycles.